The molecule has 0 saturated carbocycles. The molecule has 2 aromatic rings. The maximum absolute atomic E-state index is 12.2. The van der Waals surface area contributed by atoms with Crippen molar-refractivity contribution in [2.24, 2.45) is 0 Å². The van der Waals surface area contributed by atoms with Crippen LogP contribution in [0.3, 0.4) is 0 Å². The third-order valence-electron chi connectivity index (χ3n) is 2.92. The number of esters is 2. The van der Waals surface area contributed by atoms with Crippen molar-refractivity contribution in [3.8, 4) is 11.5 Å². The highest BCUT2D eigenvalue weighted by Crippen LogP contribution is 2.32. The first-order chi connectivity index (χ1) is 10.8. The number of H-pyrrole nitrogens is 1. The summed E-state index contributed by atoms with van der Waals surface area (Å²) in [6.07, 6.45) is 0. The average molecular weight is 313 g/mol. The summed E-state index contributed by atoms with van der Waals surface area (Å²) < 4.78 is 10.3. The molecule has 0 aliphatic heterocycles. The minimum Gasteiger partial charge on any atom is -0.418 e. The Morgan fingerprint density at radius 3 is 2.04 bits per heavy atom. The molecule has 0 fully saturated rings. The van der Waals surface area contributed by atoms with E-state index >= 15 is 0 Å². The Balaban J connectivity index is 2.68. The van der Waals surface area contributed by atoms with Crippen LogP contribution in [0.1, 0.15) is 13.8 Å². The van der Waals surface area contributed by atoms with Gasteiger partial charge in [-0.05, 0) is 26.0 Å². The first-order valence-electron chi connectivity index (χ1n) is 6.71. The lowest BCUT2D eigenvalue weighted by atomic mass is 10.2. The van der Waals surface area contributed by atoms with Crippen molar-refractivity contribution in [2.75, 3.05) is 0 Å². The van der Waals surface area contributed by atoms with Crippen molar-refractivity contribution < 1.29 is 19.1 Å². The maximum atomic E-state index is 12.2. The molecule has 0 aliphatic rings. The third kappa shape index (κ3) is 3.37. The molecular formula is C17H15NO5. The second-order valence-electron chi connectivity index (χ2n) is 5.00. The normalized spacial score (nSPS) is 10.2. The van der Waals surface area contributed by atoms with E-state index in [1.165, 1.54) is 13.8 Å². The summed E-state index contributed by atoms with van der Waals surface area (Å²) in [7, 11) is 0. The van der Waals surface area contributed by atoms with Crippen LogP contribution in [0.4, 0.5) is 0 Å². The Hall–Kier alpha value is -3.15. The highest BCUT2D eigenvalue weighted by molar-refractivity contribution is 5.96. The summed E-state index contributed by atoms with van der Waals surface area (Å²) in [6, 6.07) is 6.68. The minimum atomic E-state index is -0.793. The Kier molecular flexibility index (Phi) is 4.45. The Labute approximate surface area is 132 Å². The molecule has 0 amide bonds. The monoisotopic (exact) mass is 313 g/mol. The van der Waals surface area contributed by atoms with Crippen LogP contribution >= 0.6 is 0 Å². The van der Waals surface area contributed by atoms with Crippen molar-refractivity contribution in [1.82, 2.24) is 4.98 Å². The summed E-state index contributed by atoms with van der Waals surface area (Å²) in [5.74, 6) is -2.05. The summed E-state index contributed by atoms with van der Waals surface area (Å²) >= 11 is 0. The van der Waals surface area contributed by atoms with Crippen LogP contribution in [0.15, 0.2) is 53.4 Å². The lowest BCUT2D eigenvalue weighted by molar-refractivity contribution is -0.132. The van der Waals surface area contributed by atoms with Crippen LogP contribution in [0.5, 0.6) is 11.5 Å². The highest BCUT2D eigenvalue weighted by atomic mass is 16.6. The van der Waals surface area contributed by atoms with Gasteiger partial charge in [-0.15, -0.1) is 0 Å². The summed E-state index contributed by atoms with van der Waals surface area (Å²) in [4.78, 5) is 38.3. The standard InChI is InChI=1S/C17H15NO5/c1-9(2)16(20)22-13-11-7-5-6-8-12(11)18-15(19)14(13)23-17(21)10(3)4/h5-8H,1,3H2,2,4H3,(H,18,19). The number of pyridine rings is 1. The molecule has 2 rings (SSSR count). The molecule has 0 unspecified atom stereocenters. The van der Waals surface area contributed by atoms with Crippen molar-refractivity contribution in [2.45, 2.75) is 13.8 Å². The zero-order valence-electron chi connectivity index (χ0n) is 12.8. The van der Waals surface area contributed by atoms with E-state index in [1.807, 2.05) is 0 Å². The van der Waals surface area contributed by atoms with Crippen molar-refractivity contribution in [1.29, 1.82) is 0 Å². The smallest absolute Gasteiger partial charge is 0.338 e. The fourth-order valence-electron chi connectivity index (χ4n) is 1.75. The van der Waals surface area contributed by atoms with Crippen LogP contribution < -0.4 is 15.0 Å². The first-order valence-corrected chi connectivity index (χ1v) is 6.71. The number of nitrogens with one attached hydrogen (secondary N) is 1. The number of rotatable bonds is 4. The molecule has 1 N–H and O–H groups in total. The molecule has 1 aromatic heterocycles. The predicted octanol–water partition coefficient (Wildman–Crippen LogP) is 2.49. The van der Waals surface area contributed by atoms with Crippen LogP contribution in [-0.4, -0.2) is 16.9 Å². The van der Waals surface area contributed by atoms with E-state index in [0.717, 1.165) is 0 Å². The van der Waals surface area contributed by atoms with Crippen molar-refractivity contribution in [3.05, 3.63) is 58.9 Å². The molecule has 0 radical (unpaired) electrons. The van der Waals surface area contributed by atoms with E-state index in [1.54, 1.807) is 24.3 Å². The highest BCUT2D eigenvalue weighted by Gasteiger charge is 2.21. The number of benzene rings is 1. The fourth-order valence-corrected chi connectivity index (χ4v) is 1.75. The minimum absolute atomic E-state index is 0.106. The molecule has 0 bridgehead atoms. The zero-order valence-corrected chi connectivity index (χ0v) is 12.8. The van der Waals surface area contributed by atoms with Gasteiger partial charge in [0.2, 0.25) is 5.75 Å². The molecule has 0 atom stereocenters. The number of para-hydroxylation sites is 1. The van der Waals surface area contributed by atoms with E-state index in [-0.39, 0.29) is 16.9 Å². The third-order valence-corrected chi connectivity index (χ3v) is 2.92. The van der Waals surface area contributed by atoms with Gasteiger partial charge in [-0.1, -0.05) is 25.3 Å². The number of ether oxygens (including phenoxy) is 2. The number of aromatic amines is 1. The predicted molar refractivity (Wildman–Crippen MR) is 85.5 cm³/mol. The van der Waals surface area contributed by atoms with Gasteiger partial charge in [0.25, 0.3) is 5.56 Å². The van der Waals surface area contributed by atoms with Gasteiger partial charge in [0.1, 0.15) is 0 Å². The molecule has 1 heterocycles. The Morgan fingerprint density at radius 1 is 0.957 bits per heavy atom. The van der Waals surface area contributed by atoms with Crippen LogP contribution in [0.2, 0.25) is 0 Å². The van der Waals surface area contributed by atoms with Crippen molar-refractivity contribution in [3.63, 3.8) is 0 Å². The number of carbonyl (C=O) groups excluding carboxylic acids is 2. The van der Waals surface area contributed by atoms with E-state index in [2.05, 4.69) is 18.1 Å². The van der Waals surface area contributed by atoms with E-state index in [4.69, 9.17) is 9.47 Å². The number of fused-ring (bicyclic) bond motifs is 1. The largest absolute Gasteiger partial charge is 0.418 e. The van der Waals surface area contributed by atoms with E-state index < -0.39 is 23.2 Å². The molecule has 0 saturated heterocycles. The molecule has 6 heteroatoms. The van der Waals surface area contributed by atoms with Gasteiger partial charge >= 0.3 is 11.9 Å². The van der Waals surface area contributed by atoms with Gasteiger partial charge in [0.05, 0.1) is 5.52 Å². The van der Waals surface area contributed by atoms with Crippen LogP contribution in [0, 0.1) is 0 Å². The molecule has 0 spiro atoms. The fraction of sp³-hybridized carbons (Fsp3) is 0.118. The summed E-state index contributed by atoms with van der Waals surface area (Å²) in [5.41, 5.74) is 0.00114. The molecule has 118 valence electrons. The van der Waals surface area contributed by atoms with Crippen molar-refractivity contribution >= 4 is 22.8 Å². The van der Waals surface area contributed by atoms with Gasteiger partial charge in [-0.2, -0.15) is 0 Å². The molecule has 23 heavy (non-hydrogen) atoms. The molecule has 1 aromatic carbocycles. The van der Waals surface area contributed by atoms with Gasteiger partial charge in [-0.25, -0.2) is 9.59 Å². The number of carbonyl (C=O) groups is 2. The lowest BCUT2D eigenvalue weighted by Crippen LogP contribution is -2.20. The SMILES string of the molecule is C=C(C)C(=O)Oc1c(OC(=O)C(=C)C)c2ccccc2[nH]c1=O. The molecule has 6 nitrogen and oxygen atoms in total. The second-order valence-corrected chi connectivity index (χ2v) is 5.00. The Bertz CT molecular complexity index is 891. The van der Waals surface area contributed by atoms with Gasteiger partial charge in [-0.3, -0.25) is 4.79 Å². The van der Waals surface area contributed by atoms with Gasteiger partial charge in [0.15, 0.2) is 5.75 Å². The Morgan fingerprint density at radius 2 is 1.48 bits per heavy atom. The number of aromatic nitrogens is 1. The zero-order chi connectivity index (χ0) is 17.1. The van der Waals surface area contributed by atoms with Crippen LogP contribution in [0.25, 0.3) is 10.9 Å². The maximum Gasteiger partial charge on any atom is 0.338 e. The summed E-state index contributed by atoms with van der Waals surface area (Å²) in [6.45, 7) is 9.85. The molecular weight excluding hydrogens is 298 g/mol. The number of hydrogen-bond donors (Lipinski definition) is 1. The van der Waals surface area contributed by atoms with Gasteiger partial charge < -0.3 is 14.5 Å². The van der Waals surface area contributed by atoms with Crippen LogP contribution in [-0.2, 0) is 9.59 Å². The average Bonchev–Trinajstić information content (AvgIpc) is 2.49. The second kappa shape index (κ2) is 6.31. The summed E-state index contributed by atoms with van der Waals surface area (Å²) in [5, 5.41) is 0.422. The number of hydrogen-bond acceptors (Lipinski definition) is 5. The quantitative estimate of drug-likeness (QED) is 0.692. The van der Waals surface area contributed by atoms with E-state index in [9.17, 15) is 14.4 Å². The molecule has 0 aliphatic carbocycles. The topological polar surface area (TPSA) is 85.5 Å². The lowest BCUT2D eigenvalue weighted by Gasteiger charge is -2.12. The van der Waals surface area contributed by atoms with Gasteiger partial charge in [0, 0.05) is 16.5 Å². The first kappa shape index (κ1) is 16.2. The van der Waals surface area contributed by atoms with E-state index in [0.29, 0.717) is 10.9 Å².